The van der Waals surface area contributed by atoms with E-state index >= 15 is 0 Å². The average molecular weight is 639 g/mol. The summed E-state index contributed by atoms with van der Waals surface area (Å²) in [7, 11) is 0. The van der Waals surface area contributed by atoms with Crippen LogP contribution in [-0.4, -0.2) is 10.8 Å². The zero-order valence-corrected chi connectivity index (χ0v) is 28.6. The molecule has 1 aromatic heterocycles. The van der Waals surface area contributed by atoms with Crippen molar-refractivity contribution in [3.8, 4) is 44.5 Å². The van der Waals surface area contributed by atoms with Gasteiger partial charge in [0.05, 0.1) is 11.7 Å². The van der Waals surface area contributed by atoms with E-state index in [1.165, 1.54) is 72.3 Å². The minimum Gasteiger partial charge on any atom is -0.376 e. The van der Waals surface area contributed by atoms with Gasteiger partial charge in [0.2, 0.25) is 0 Å². The van der Waals surface area contributed by atoms with Gasteiger partial charge in [-0.2, -0.15) is 0 Å². The minimum atomic E-state index is -0.114. The number of hydrogen-bond acceptors (Lipinski definition) is 3. The Balaban J connectivity index is 1.36. The molecule has 0 saturated heterocycles. The molecule has 3 heteroatoms. The van der Waals surface area contributed by atoms with Gasteiger partial charge >= 0.3 is 0 Å². The van der Waals surface area contributed by atoms with Gasteiger partial charge in [-0.05, 0) is 143 Å². The van der Waals surface area contributed by atoms with E-state index < -0.39 is 0 Å². The van der Waals surface area contributed by atoms with Crippen LogP contribution < -0.4 is 5.32 Å². The third kappa shape index (κ3) is 5.78. The number of carbonyl (C=O) groups excluding carboxylic acids is 1. The van der Waals surface area contributed by atoms with Crippen LogP contribution in [0.2, 0.25) is 0 Å². The van der Waals surface area contributed by atoms with Crippen molar-refractivity contribution in [3.05, 3.63) is 154 Å². The quantitative estimate of drug-likeness (QED) is 0.185. The van der Waals surface area contributed by atoms with E-state index in [0.29, 0.717) is 5.69 Å². The number of Topliss-reactive ketones (excluding diaryl/α,β-unsaturated/α-hetero) is 1. The number of benzene rings is 5. The third-order valence-electron chi connectivity index (χ3n) is 10.5. The second-order valence-electron chi connectivity index (χ2n) is 13.8. The first-order valence-electron chi connectivity index (χ1n) is 17.8. The van der Waals surface area contributed by atoms with Gasteiger partial charge in [0.1, 0.15) is 5.69 Å². The lowest BCUT2D eigenvalue weighted by atomic mass is 9.84. The van der Waals surface area contributed by atoms with Gasteiger partial charge in [-0.3, -0.25) is 4.79 Å². The van der Waals surface area contributed by atoms with Crippen LogP contribution in [0.3, 0.4) is 0 Å². The van der Waals surface area contributed by atoms with E-state index in [9.17, 15) is 4.79 Å². The van der Waals surface area contributed by atoms with E-state index in [1.54, 1.807) is 13.0 Å². The maximum absolute atomic E-state index is 12.2. The average Bonchev–Trinajstić information content (AvgIpc) is 3.44. The molecule has 0 saturated carbocycles. The zero-order valence-electron chi connectivity index (χ0n) is 28.6. The van der Waals surface area contributed by atoms with Crippen LogP contribution in [0.1, 0.15) is 76.7 Å². The van der Waals surface area contributed by atoms with Gasteiger partial charge < -0.3 is 5.32 Å². The number of rotatable bonds is 6. The Labute approximate surface area is 290 Å². The molecule has 2 aliphatic rings. The molecule has 0 spiro atoms. The lowest BCUT2D eigenvalue weighted by molar-refractivity contribution is 0.101. The number of aromatic nitrogens is 1. The highest BCUT2D eigenvalue weighted by atomic mass is 16.1. The van der Waals surface area contributed by atoms with Crippen molar-refractivity contribution in [1.82, 2.24) is 4.98 Å². The van der Waals surface area contributed by atoms with Crippen LogP contribution in [0.15, 0.2) is 115 Å². The summed E-state index contributed by atoms with van der Waals surface area (Å²) in [5.74, 6) is -0.0236. The molecule has 0 radical (unpaired) electrons. The van der Waals surface area contributed by atoms with Crippen LogP contribution in [-0.2, 0) is 25.7 Å². The summed E-state index contributed by atoms with van der Waals surface area (Å²) >= 11 is 0. The second kappa shape index (κ2) is 13.0. The second-order valence-corrected chi connectivity index (χ2v) is 13.8. The highest BCUT2D eigenvalue weighted by Gasteiger charge is 2.24. The first-order chi connectivity index (χ1) is 24.0. The lowest BCUT2D eigenvalue weighted by Crippen LogP contribution is -2.12. The molecule has 0 bridgehead atoms. The standard InChI is InChI=1S/C46H42N2O/c1-29-27-36(39-23-10-19-34-17-8-15-32-13-4-6-21-37(32)44(34)39)28-41(46(29)47-30(2)42-25-12-26-43(48-42)31(3)49)40-24-11-20-35-18-9-16-33-14-5-7-22-38(33)45(35)40/h4-7,10-14,19-28,30,47H,8-9,15-18H2,1-3H3. The molecule has 242 valence electrons. The predicted molar refractivity (Wildman–Crippen MR) is 203 cm³/mol. The number of nitrogens with one attached hydrogen (secondary N) is 1. The van der Waals surface area contributed by atoms with Gasteiger partial charge in [-0.1, -0.05) is 91.0 Å². The fourth-order valence-corrected chi connectivity index (χ4v) is 8.15. The van der Waals surface area contributed by atoms with Crippen molar-refractivity contribution in [1.29, 1.82) is 0 Å². The molecule has 8 rings (SSSR count). The molecule has 1 heterocycles. The first-order valence-corrected chi connectivity index (χ1v) is 17.8. The monoisotopic (exact) mass is 638 g/mol. The molecular weight excluding hydrogens is 597 g/mol. The minimum absolute atomic E-state index is 0.0236. The number of pyridine rings is 1. The fourth-order valence-electron chi connectivity index (χ4n) is 8.15. The van der Waals surface area contributed by atoms with Crippen molar-refractivity contribution >= 4 is 11.5 Å². The molecule has 6 aromatic rings. The molecule has 0 fully saturated rings. The Morgan fingerprint density at radius 1 is 0.612 bits per heavy atom. The van der Waals surface area contributed by atoms with E-state index in [2.05, 4.69) is 116 Å². The van der Waals surface area contributed by atoms with Crippen molar-refractivity contribution in [2.75, 3.05) is 5.32 Å². The molecule has 1 atom stereocenters. The Kier molecular flexibility index (Phi) is 8.21. The maximum Gasteiger partial charge on any atom is 0.178 e. The van der Waals surface area contributed by atoms with E-state index in [-0.39, 0.29) is 11.8 Å². The molecule has 2 aliphatic carbocycles. The highest BCUT2D eigenvalue weighted by molar-refractivity contribution is 5.97. The topological polar surface area (TPSA) is 42.0 Å². The summed E-state index contributed by atoms with van der Waals surface area (Å²) in [6, 6.07) is 42.1. The Bertz CT molecular complexity index is 2230. The van der Waals surface area contributed by atoms with Gasteiger partial charge in [-0.15, -0.1) is 0 Å². The van der Waals surface area contributed by atoms with E-state index in [0.717, 1.165) is 49.9 Å². The Morgan fingerprint density at radius 3 is 1.80 bits per heavy atom. The van der Waals surface area contributed by atoms with Crippen LogP contribution >= 0.6 is 0 Å². The highest BCUT2D eigenvalue weighted by Crippen LogP contribution is 2.47. The first kappa shape index (κ1) is 31.0. The summed E-state index contributed by atoms with van der Waals surface area (Å²) < 4.78 is 0. The van der Waals surface area contributed by atoms with Crippen molar-refractivity contribution in [2.45, 2.75) is 65.3 Å². The largest absolute Gasteiger partial charge is 0.376 e. The van der Waals surface area contributed by atoms with Crippen molar-refractivity contribution in [3.63, 3.8) is 0 Å². The molecule has 0 aliphatic heterocycles. The normalized spacial score (nSPS) is 13.9. The van der Waals surface area contributed by atoms with Crippen molar-refractivity contribution < 1.29 is 4.79 Å². The molecule has 1 unspecified atom stereocenters. The number of hydrogen-bond donors (Lipinski definition) is 1. The summed E-state index contributed by atoms with van der Waals surface area (Å²) in [6.45, 7) is 5.94. The number of nitrogens with zero attached hydrogens (tertiary/aromatic N) is 1. The van der Waals surface area contributed by atoms with Crippen LogP contribution in [0, 0.1) is 6.92 Å². The van der Waals surface area contributed by atoms with Gasteiger partial charge in [0.15, 0.2) is 5.78 Å². The predicted octanol–water partition coefficient (Wildman–Crippen LogP) is 11.4. The summed E-state index contributed by atoms with van der Waals surface area (Å²) in [6.07, 6.45) is 6.62. The molecule has 49 heavy (non-hydrogen) atoms. The number of fused-ring (bicyclic) bond motifs is 6. The number of carbonyl (C=O) groups is 1. The molecule has 1 N–H and O–H groups in total. The number of anilines is 1. The van der Waals surface area contributed by atoms with Crippen LogP contribution in [0.4, 0.5) is 5.69 Å². The third-order valence-corrected chi connectivity index (χ3v) is 10.5. The van der Waals surface area contributed by atoms with Gasteiger partial charge in [-0.25, -0.2) is 4.98 Å². The summed E-state index contributed by atoms with van der Waals surface area (Å²) in [4.78, 5) is 17.0. The van der Waals surface area contributed by atoms with Crippen LogP contribution in [0.5, 0.6) is 0 Å². The summed E-state index contributed by atoms with van der Waals surface area (Å²) in [5, 5.41) is 3.90. The van der Waals surface area contributed by atoms with E-state index in [4.69, 9.17) is 4.98 Å². The zero-order chi connectivity index (χ0) is 33.5. The lowest BCUT2D eigenvalue weighted by Gasteiger charge is -2.25. The SMILES string of the molecule is CC(=O)c1cccc(C(C)Nc2c(C)cc(-c3cccc4c3-c3ccccc3CCC4)cc2-c2cccc3c2-c2ccccc2CCC3)n1. The molecule has 3 nitrogen and oxygen atoms in total. The summed E-state index contributed by atoms with van der Waals surface area (Å²) in [5.41, 5.74) is 19.7. The smallest absolute Gasteiger partial charge is 0.178 e. The number of ketones is 1. The van der Waals surface area contributed by atoms with Gasteiger partial charge in [0.25, 0.3) is 0 Å². The molecule has 0 amide bonds. The Morgan fingerprint density at radius 2 is 1.14 bits per heavy atom. The Hall–Kier alpha value is -5.28. The maximum atomic E-state index is 12.2. The van der Waals surface area contributed by atoms with Gasteiger partial charge in [0, 0.05) is 18.2 Å². The van der Waals surface area contributed by atoms with Crippen LogP contribution in [0.25, 0.3) is 44.5 Å². The molecule has 5 aromatic carbocycles. The molecular formula is C46H42N2O. The fraction of sp³-hybridized carbons (Fsp3) is 0.217. The van der Waals surface area contributed by atoms with Crippen molar-refractivity contribution in [2.24, 2.45) is 0 Å². The van der Waals surface area contributed by atoms with E-state index in [1.807, 2.05) is 12.1 Å². The number of aryl methyl sites for hydroxylation is 5.